The van der Waals surface area contributed by atoms with E-state index in [9.17, 15) is 0 Å². The molecular formula is C11H14BrN. The van der Waals surface area contributed by atoms with Crippen molar-refractivity contribution in [3.8, 4) is 0 Å². The Labute approximate surface area is 87.8 Å². The van der Waals surface area contributed by atoms with Gasteiger partial charge in [0.15, 0.2) is 0 Å². The van der Waals surface area contributed by atoms with E-state index in [1.54, 1.807) is 0 Å². The fourth-order valence-corrected chi connectivity index (χ4v) is 1.81. The lowest BCUT2D eigenvalue weighted by Gasteiger charge is -2.12. The van der Waals surface area contributed by atoms with E-state index in [-0.39, 0.29) is 6.04 Å². The van der Waals surface area contributed by atoms with Crippen molar-refractivity contribution in [2.75, 3.05) is 0 Å². The van der Waals surface area contributed by atoms with Gasteiger partial charge in [0.2, 0.25) is 0 Å². The van der Waals surface area contributed by atoms with E-state index in [2.05, 4.69) is 28.6 Å². The summed E-state index contributed by atoms with van der Waals surface area (Å²) in [7, 11) is 0. The lowest BCUT2D eigenvalue weighted by molar-refractivity contribution is 0.659. The van der Waals surface area contributed by atoms with Crippen LogP contribution in [0.1, 0.15) is 24.4 Å². The molecule has 0 unspecified atom stereocenters. The number of hydrogen-bond donors (Lipinski definition) is 1. The lowest BCUT2D eigenvalue weighted by Crippen LogP contribution is -2.10. The molecule has 0 saturated heterocycles. The van der Waals surface area contributed by atoms with Crippen LogP contribution in [0.25, 0.3) is 0 Å². The zero-order chi connectivity index (χ0) is 9.68. The van der Waals surface area contributed by atoms with E-state index in [1.807, 2.05) is 24.3 Å². The summed E-state index contributed by atoms with van der Waals surface area (Å²) in [6, 6.07) is 8.18. The highest BCUT2D eigenvalue weighted by Crippen LogP contribution is 2.24. The van der Waals surface area contributed by atoms with Crippen molar-refractivity contribution in [3.63, 3.8) is 0 Å². The molecule has 0 aromatic heterocycles. The number of benzene rings is 1. The van der Waals surface area contributed by atoms with Gasteiger partial charge >= 0.3 is 0 Å². The first kappa shape index (κ1) is 10.5. The summed E-state index contributed by atoms with van der Waals surface area (Å²) < 4.78 is 1.09. The van der Waals surface area contributed by atoms with E-state index in [4.69, 9.17) is 5.73 Å². The molecule has 0 amide bonds. The van der Waals surface area contributed by atoms with Crippen LogP contribution in [0.5, 0.6) is 0 Å². The van der Waals surface area contributed by atoms with Gasteiger partial charge in [0, 0.05) is 10.5 Å². The van der Waals surface area contributed by atoms with Crippen molar-refractivity contribution in [2.45, 2.75) is 18.9 Å². The summed E-state index contributed by atoms with van der Waals surface area (Å²) in [5.74, 6) is 0. The Morgan fingerprint density at radius 2 is 2.15 bits per heavy atom. The van der Waals surface area contributed by atoms with Gasteiger partial charge < -0.3 is 5.73 Å². The number of hydrogen-bond acceptors (Lipinski definition) is 1. The van der Waals surface area contributed by atoms with Gasteiger partial charge in [-0.05, 0) is 24.5 Å². The summed E-state index contributed by atoms with van der Waals surface area (Å²) in [4.78, 5) is 0. The molecule has 13 heavy (non-hydrogen) atoms. The monoisotopic (exact) mass is 239 g/mol. The molecule has 0 aliphatic heterocycles. The Balaban J connectivity index is 2.70. The minimum atomic E-state index is 0.105. The first-order valence-corrected chi connectivity index (χ1v) is 5.16. The third kappa shape index (κ3) is 2.98. The maximum absolute atomic E-state index is 6.00. The van der Waals surface area contributed by atoms with Crippen molar-refractivity contribution in [1.82, 2.24) is 0 Å². The summed E-state index contributed by atoms with van der Waals surface area (Å²) in [6.07, 6.45) is 3.81. The number of allylic oxidation sites excluding steroid dienone is 1. The van der Waals surface area contributed by atoms with Crippen LogP contribution in [0.15, 0.2) is 41.4 Å². The molecule has 0 aliphatic carbocycles. The molecule has 70 valence electrons. The standard InChI is InChI=1S/C11H14BrN/c1-2-3-8-11(13)9-6-4-5-7-10(9)12/h2,4-7,11H,1,3,8,13H2/t11-/m1/s1. The van der Waals surface area contributed by atoms with Gasteiger partial charge in [-0.25, -0.2) is 0 Å². The highest BCUT2D eigenvalue weighted by Gasteiger charge is 2.07. The summed E-state index contributed by atoms with van der Waals surface area (Å²) in [5.41, 5.74) is 7.17. The smallest absolute Gasteiger partial charge is 0.0309 e. The predicted octanol–water partition coefficient (Wildman–Crippen LogP) is 3.42. The van der Waals surface area contributed by atoms with Gasteiger partial charge in [-0.15, -0.1) is 6.58 Å². The second-order valence-electron chi connectivity index (χ2n) is 2.99. The minimum Gasteiger partial charge on any atom is -0.324 e. The Morgan fingerprint density at radius 3 is 2.77 bits per heavy atom. The van der Waals surface area contributed by atoms with E-state index in [0.717, 1.165) is 17.3 Å². The Morgan fingerprint density at radius 1 is 1.46 bits per heavy atom. The molecule has 1 aromatic carbocycles. The third-order valence-electron chi connectivity index (χ3n) is 1.99. The van der Waals surface area contributed by atoms with Crippen LogP contribution in [0, 0.1) is 0 Å². The van der Waals surface area contributed by atoms with Gasteiger partial charge in [0.05, 0.1) is 0 Å². The quantitative estimate of drug-likeness (QED) is 0.802. The number of rotatable bonds is 4. The van der Waals surface area contributed by atoms with Crippen molar-refractivity contribution < 1.29 is 0 Å². The van der Waals surface area contributed by atoms with Crippen LogP contribution >= 0.6 is 15.9 Å². The zero-order valence-corrected chi connectivity index (χ0v) is 9.13. The summed E-state index contributed by atoms with van der Waals surface area (Å²) in [6.45, 7) is 3.68. The molecule has 0 aliphatic rings. The van der Waals surface area contributed by atoms with Gasteiger partial charge in [0.1, 0.15) is 0 Å². The molecule has 1 rings (SSSR count). The van der Waals surface area contributed by atoms with Crippen molar-refractivity contribution in [1.29, 1.82) is 0 Å². The van der Waals surface area contributed by atoms with Crippen LogP contribution < -0.4 is 5.73 Å². The summed E-state index contributed by atoms with van der Waals surface area (Å²) in [5, 5.41) is 0. The largest absolute Gasteiger partial charge is 0.324 e. The van der Waals surface area contributed by atoms with E-state index in [0.29, 0.717) is 0 Å². The molecule has 0 spiro atoms. The lowest BCUT2D eigenvalue weighted by atomic mass is 10.0. The fraction of sp³-hybridized carbons (Fsp3) is 0.273. The predicted molar refractivity (Wildman–Crippen MR) is 60.5 cm³/mol. The summed E-state index contributed by atoms with van der Waals surface area (Å²) >= 11 is 3.48. The fourth-order valence-electron chi connectivity index (χ4n) is 1.23. The van der Waals surface area contributed by atoms with Crippen LogP contribution in [0.4, 0.5) is 0 Å². The number of nitrogens with two attached hydrogens (primary N) is 1. The maximum atomic E-state index is 6.00. The Hall–Kier alpha value is -0.600. The average Bonchev–Trinajstić information content (AvgIpc) is 2.15. The minimum absolute atomic E-state index is 0.105. The molecule has 0 radical (unpaired) electrons. The second-order valence-corrected chi connectivity index (χ2v) is 3.85. The number of halogens is 1. The molecule has 1 nitrogen and oxygen atoms in total. The molecule has 0 heterocycles. The zero-order valence-electron chi connectivity index (χ0n) is 7.54. The topological polar surface area (TPSA) is 26.0 Å². The van der Waals surface area contributed by atoms with Crippen LogP contribution in [0.3, 0.4) is 0 Å². The van der Waals surface area contributed by atoms with Crippen molar-refractivity contribution >= 4 is 15.9 Å². The first-order chi connectivity index (χ1) is 6.25. The molecule has 0 fully saturated rings. The van der Waals surface area contributed by atoms with Crippen LogP contribution in [-0.4, -0.2) is 0 Å². The van der Waals surface area contributed by atoms with E-state index in [1.165, 1.54) is 5.56 Å². The SMILES string of the molecule is C=CCC[C@@H](N)c1ccccc1Br. The molecule has 0 saturated carbocycles. The van der Waals surface area contributed by atoms with Crippen LogP contribution in [-0.2, 0) is 0 Å². The molecular weight excluding hydrogens is 226 g/mol. The van der Waals surface area contributed by atoms with E-state index >= 15 is 0 Å². The van der Waals surface area contributed by atoms with E-state index < -0.39 is 0 Å². The van der Waals surface area contributed by atoms with Gasteiger partial charge in [0.25, 0.3) is 0 Å². The maximum Gasteiger partial charge on any atom is 0.0309 e. The molecule has 1 atom stereocenters. The van der Waals surface area contributed by atoms with Crippen molar-refractivity contribution in [3.05, 3.63) is 47.0 Å². The first-order valence-electron chi connectivity index (χ1n) is 4.36. The highest BCUT2D eigenvalue weighted by atomic mass is 79.9. The Kier molecular flexibility index (Phi) is 4.19. The molecule has 2 heteroatoms. The average molecular weight is 240 g/mol. The molecule has 1 aromatic rings. The third-order valence-corrected chi connectivity index (χ3v) is 2.71. The molecule has 0 bridgehead atoms. The Bertz CT molecular complexity index is 283. The van der Waals surface area contributed by atoms with Gasteiger partial charge in [-0.2, -0.15) is 0 Å². The second kappa shape index (κ2) is 5.20. The normalized spacial score (nSPS) is 12.5. The van der Waals surface area contributed by atoms with Gasteiger partial charge in [-0.3, -0.25) is 0 Å². The van der Waals surface area contributed by atoms with Gasteiger partial charge in [-0.1, -0.05) is 40.2 Å². The molecule has 2 N–H and O–H groups in total. The highest BCUT2D eigenvalue weighted by molar-refractivity contribution is 9.10. The van der Waals surface area contributed by atoms with Crippen molar-refractivity contribution in [2.24, 2.45) is 5.73 Å². The van der Waals surface area contributed by atoms with Crippen LogP contribution in [0.2, 0.25) is 0 Å².